The van der Waals surface area contributed by atoms with Crippen LogP contribution in [0.15, 0.2) is 46.3 Å². The monoisotopic (exact) mass is 398 g/mol. The molecule has 8 heteroatoms. The zero-order valence-corrected chi connectivity index (χ0v) is 16.3. The molecule has 3 rings (SSSR count). The van der Waals surface area contributed by atoms with Crippen molar-refractivity contribution in [1.82, 2.24) is 4.90 Å². The number of aromatic hydroxyl groups is 1. The molecule has 0 atom stereocenters. The summed E-state index contributed by atoms with van der Waals surface area (Å²) in [7, 11) is 3.07. The Kier molecular flexibility index (Phi) is 5.41. The molecular formula is C20H18N2O5S. The second-order valence-electron chi connectivity index (χ2n) is 6.06. The van der Waals surface area contributed by atoms with E-state index in [1.165, 1.54) is 35.9 Å². The average molecular weight is 398 g/mol. The first-order chi connectivity index (χ1) is 13.3. The number of aliphatic imine (C=N–C) groups is 1. The van der Waals surface area contributed by atoms with E-state index in [0.29, 0.717) is 32.6 Å². The lowest BCUT2D eigenvalue weighted by atomic mass is 10.1. The van der Waals surface area contributed by atoms with Crippen molar-refractivity contribution >= 4 is 40.6 Å². The lowest BCUT2D eigenvalue weighted by molar-refractivity contribution is -0.121. The first kappa shape index (κ1) is 19.5. The van der Waals surface area contributed by atoms with Gasteiger partial charge >= 0.3 is 5.97 Å². The third-order valence-electron chi connectivity index (χ3n) is 4.26. The molecule has 0 bridgehead atoms. The molecule has 7 nitrogen and oxygen atoms in total. The topological polar surface area (TPSA) is 99.4 Å². The predicted octanol–water partition coefficient (Wildman–Crippen LogP) is 3.64. The summed E-state index contributed by atoms with van der Waals surface area (Å²) in [5.41, 5.74) is 1.84. The van der Waals surface area contributed by atoms with Crippen LogP contribution in [0.2, 0.25) is 0 Å². The first-order valence-electron chi connectivity index (χ1n) is 8.28. The summed E-state index contributed by atoms with van der Waals surface area (Å²) < 4.78 is 5.02. The summed E-state index contributed by atoms with van der Waals surface area (Å²) in [5, 5.41) is 19.6. The lowest BCUT2D eigenvalue weighted by Gasteiger charge is -2.09. The molecule has 1 amide bonds. The number of likely N-dealkylation sites (N-methyl/N-ethyl adjacent to an activating group) is 1. The molecule has 1 aliphatic heterocycles. The molecule has 0 aliphatic carbocycles. The van der Waals surface area contributed by atoms with E-state index < -0.39 is 5.97 Å². The van der Waals surface area contributed by atoms with Gasteiger partial charge in [0.2, 0.25) is 0 Å². The quantitative estimate of drug-likeness (QED) is 0.763. The Bertz CT molecular complexity index is 1030. The maximum Gasteiger partial charge on any atom is 0.336 e. The van der Waals surface area contributed by atoms with Gasteiger partial charge in [-0.1, -0.05) is 12.1 Å². The summed E-state index contributed by atoms with van der Waals surface area (Å²) in [6.45, 7) is 1.68. The predicted molar refractivity (Wildman–Crippen MR) is 108 cm³/mol. The number of ether oxygens (including phenoxy) is 1. The number of nitrogens with zero attached hydrogens (tertiary/aromatic N) is 2. The van der Waals surface area contributed by atoms with Gasteiger partial charge in [-0.3, -0.25) is 9.69 Å². The fourth-order valence-corrected chi connectivity index (χ4v) is 3.66. The highest BCUT2D eigenvalue weighted by Gasteiger charge is 2.30. The van der Waals surface area contributed by atoms with Gasteiger partial charge in [-0.15, -0.1) is 0 Å². The second-order valence-corrected chi connectivity index (χ2v) is 7.06. The Morgan fingerprint density at radius 3 is 2.68 bits per heavy atom. The van der Waals surface area contributed by atoms with E-state index in [4.69, 9.17) is 4.74 Å². The van der Waals surface area contributed by atoms with Crippen molar-refractivity contribution in [1.29, 1.82) is 0 Å². The molecular weight excluding hydrogens is 380 g/mol. The van der Waals surface area contributed by atoms with Crippen molar-refractivity contribution in [2.75, 3.05) is 14.2 Å². The minimum atomic E-state index is -1.03. The highest BCUT2D eigenvalue weighted by Crippen LogP contribution is 2.35. The first-order valence-corrected chi connectivity index (χ1v) is 9.09. The molecule has 0 unspecified atom stereocenters. The Morgan fingerprint density at radius 1 is 1.29 bits per heavy atom. The molecule has 1 saturated heterocycles. The third kappa shape index (κ3) is 3.72. The molecule has 1 fully saturated rings. The zero-order chi connectivity index (χ0) is 20.4. The van der Waals surface area contributed by atoms with Gasteiger partial charge in [0, 0.05) is 7.05 Å². The number of phenolic OH excluding ortho intramolecular Hbond substituents is 1. The summed E-state index contributed by atoms with van der Waals surface area (Å²) in [6.07, 6.45) is 1.66. The van der Waals surface area contributed by atoms with Gasteiger partial charge in [0.1, 0.15) is 0 Å². The summed E-state index contributed by atoms with van der Waals surface area (Å²) >= 11 is 1.18. The molecule has 0 aromatic heterocycles. The number of carbonyl (C=O) groups is 2. The van der Waals surface area contributed by atoms with Crippen LogP contribution in [0.1, 0.15) is 21.5 Å². The standard InChI is InChI=1S/C20H18N2O5S/c1-11-13(19(25)26)5-4-6-14(11)21-20-22(2)18(24)17(28-20)10-12-7-8-16(27-3)15(23)9-12/h4-10,23H,1-3H3,(H,25,26)/b17-10-,21-20?. The van der Waals surface area contributed by atoms with E-state index in [1.807, 2.05) is 0 Å². The number of hydrogen-bond acceptors (Lipinski definition) is 6. The molecule has 0 spiro atoms. The number of phenols is 1. The Morgan fingerprint density at radius 2 is 2.04 bits per heavy atom. The van der Waals surface area contributed by atoms with Gasteiger partial charge in [0.15, 0.2) is 16.7 Å². The number of amides is 1. The Balaban J connectivity index is 1.94. The number of thioether (sulfide) groups is 1. The van der Waals surface area contributed by atoms with Crippen LogP contribution in [-0.2, 0) is 4.79 Å². The smallest absolute Gasteiger partial charge is 0.336 e. The highest BCUT2D eigenvalue weighted by atomic mass is 32.2. The zero-order valence-electron chi connectivity index (χ0n) is 15.5. The van der Waals surface area contributed by atoms with Crippen molar-refractivity contribution in [3.8, 4) is 11.5 Å². The van der Waals surface area contributed by atoms with Crippen molar-refractivity contribution in [2.24, 2.45) is 4.99 Å². The molecule has 2 aromatic rings. The maximum atomic E-state index is 12.6. The fraction of sp³-hybridized carbons (Fsp3) is 0.150. The van der Waals surface area contributed by atoms with E-state index in [2.05, 4.69) is 4.99 Å². The van der Waals surface area contributed by atoms with E-state index in [-0.39, 0.29) is 17.2 Å². The van der Waals surface area contributed by atoms with Crippen LogP contribution >= 0.6 is 11.8 Å². The summed E-state index contributed by atoms with van der Waals surface area (Å²) in [5.74, 6) is -0.926. The Hall–Kier alpha value is -3.26. The fourth-order valence-electron chi connectivity index (χ4n) is 2.68. The van der Waals surface area contributed by atoms with Gasteiger partial charge in [-0.2, -0.15) is 0 Å². The minimum Gasteiger partial charge on any atom is -0.504 e. The second kappa shape index (κ2) is 7.77. The van der Waals surface area contributed by atoms with Crippen LogP contribution in [0, 0.1) is 6.92 Å². The van der Waals surface area contributed by atoms with Crippen molar-refractivity contribution in [2.45, 2.75) is 6.92 Å². The van der Waals surface area contributed by atoms with E-state index in [0.717, 1.165) is 0 Å². The number of carboxylic acid groups (broad SMARTS) is 1. The van der Waals surface area contributed by atoms with Crippen LogP contribution < -0.4 is 4.74 Å². The van der Waals surface area contributed by atoms with E-state index in [9.17, 15) is 19.8 Å². The van der Waals surface area contributed by atoms with Crippen molar-refractivity contribution in [3.05, 3.63) is 58.0 Å². The minimum absolute atomic E-state index is 0.0179. The number of aromatic carboxylic acids is 1. The number of benzene rings is 2. The highest BCUT2D eigenvalue weighted by molar-refractivity contribution is 8.18. The molecule has 1 aliphatic rings. The largest absolute Gasteiger partial charge is 0.504 e. The SMILES string of the molecule is COc1ccc(/C=C2\SC(=Nc3cccc(C(=O)O)c3C)N(C)C2=O)cc1O. The van der Waals surface area contributed by atoms with Crippen LogP contribution in [0.25, 0.3) is 6.08 Å². The normalized spacial score (nSPS) is 16.8. The van der Waals surface area contributed by atoms with Crippen LogP contribution in [0.3, 0.4) is 0 Å². The van der Waals surface area contributed by atoms with Crippen LogP contribution in [0.4, 0.5) is 5.69 Å². The lowest BCUT2D eigenvalue weighted by Crippen LogP contribution is -2.23. The van der Waals surface area contributed by atoms with Gasteiger partial charge in [0.25, 0.3) is 5.91 Å². The molecule has 144 valence electrons. The summed E-state index contributed by atoms with van der Waals surface area (Å²) in [6, 6.07) is 9.69. The van der Waals surface area contributed by atoms with Gasteiger partial charge in [-0.05, 0) is 60.2 Å². The molecule has 2 N–H and O–H groups in total. The number of hydrogen-bond donors (Lipinski definition) is 2. The Labute approximate surface area is 166 Å². The van der Waals surface area contributed by atoms with E-state index >= 15 is 0 Å². The summed E-state index contributed by atoms with van der Waals surface area (Å²) in [4.78, 5) is 30.2. The number of carbonyl (C=O) groups excluding carboxylic acids is 1. The van der Waals surface area contributed by atoms with Gasteiger partial charge < -0.3 is 14.9 Å². The van der Waals surface area contributed by atoms with Crippen molar-refractivity contribution < 1.29 is 24.5 Å². The maximum absolute atomic E-state index is 12.6. The molecule has 28 heavy (non-hydrogen) atoms. The molecule has 0 radical (unpaired) electrons. The number of methoxy groups -OCH3 is 1. The molecule has 0 saturated carbocycles. The number of carboxylic acids is 1. The number of rotatable bonds is 4. The average Bonchev–Trinajstić information content (AvgIpc) is 2.91. The third-order valence-corrected chi connectivity index (χ3v) is 5.32. The molecule has 1 heterocycles. The van der Waals surface area contributed by atoms with Gasteiger partial charge in [-0.25, -0.2) is 9.79 Å². The van der Waals surface area contributed by atoms with Crippen molar-refractivity contribution in [3.63, 3.8) is 0 Å². The van der Waals surface area contributed by atoms with E-state index in [1.54, 1.807) is 44.3 Å². The van der Waals surface area contributed by atoms with Crippen LogP contribution in [0.5, 0.6) is 11.5 Å². The van der Waals surface area contributed by atoms with Gasteiger partial charge in [0.05, 0.1) is 23.3 Å². The molecule has 2 aromatic carbocycles. The number of amidine groups is 1. The van der Waals surface area contributed by atoms with Crippen LogP contribution in [-0.4, -0.2) is 46.3 Å².